The number of methoxy groups -OCH3 is 2. The maximum absolute atomic E-state index is 12.6. The van der Waals surface area contributed by atoms with E-state index in [-0.39, 0.29) is 17.9 Å². The highest BCUT2D eigenvalue weighted by molar-refractivity contribution is 5.99. The second-order valence-corrected chi connectivity index (χ2v) is 6.73. The molecule has 136 valence electrons. The Hall–Kier alpha value is -2.05. The summed E-state index contributed by atoms with van der Waals surface area (Å²) < 4.78 is 16.3. The number of carbonyl (C=O) groups is 1. The quantitative estimate of drug-likeness (QED) is 0.819. The number of amides is 1. The normalized spacial score (nSPS) is 18.6. The monoisotopic (exact) mass is 346 g/mol. The number of hydrogen-bond acceptors (Lipinski definition) is 5. The fourth-order valence-electron chi connectivity index (χ4n) is 3.43. The van der Waals surface area contributed by atoms with Gasteiger partial charge in [-0.2, -0.15) is 0 Å². The molecular formula is C19H26N2O4. The van der Waals surface area contributed by atoms with Crippen LogP contribution in [0.2, 0.25) is 0 Å². The van der Waals surface area contributed by atoms with E-state index in [9.17, 15) is 4.79 Å². The first kappa shape index (κ1) is 17.8. The summed E-state index contributed by atoms with van der Waals surface area (Å²) in [6.45, 7) is 3.47. The van der Waals surface area contributed by atoms with E-state index < -0.39 is 0 Å². The van der Waals surface area contributed by atoms with Crippen molar-refractivity contribution in [2.45, 2.75) is 12.8 Å². The van der Waals surface area contributed by atoms with E-state index in [0.717, 1.165) is 43.0 Å². The molecule has 0 aliphatic carbocycles. The molecule has 2 aliphatic rings. The molecule has 0 spiro atoms. The zero-order valence-corrected chi connectivity index (χ0v) is 14.9. The molecule has 2 heterocycles. The summed E-state index contributed by atoms with van der Waals surface area (Å²) >= 11 is 0. The van der Waals surface area contributed by atoms with Crippen LogP contribution in [-0.2, 0) is 9.53 Å². The van der Waals surface area contributed by atoms with Gasteiger partial charge >= 0.3 is 0 Å². The number of carbonyl (C=O) groups excluding carboxylic acids is 1. The predicted molar refractivity (Wildman–Crippen MR) is 95.9 cm³/mol. The first-order valence-corrected chi connectivity index (χ1v) is 8.65. The van der Waals surface area contributed by atoms with Gasteiger partial charge in [-0.25, -0.2) is 0 Å². The minimum atomic E-state index is -0.0810. The lowest BCUT2D eigenvalue weighted by Crippen LogP contribution is -2.47. The molecule has 0 atom stereocenters. The Kier molecular flexibility index (Phi) is 5.60. The second-order valence-electron chi connectivity index (χ2n) is 6.73. The van der Waals surface area contributed by atoms with Crippen molar-refractivity contribution < 1.29 is 19.0 Å². The molecule has 6 heteroatoms. The predicted octanol–water partition coefficient (Wildman–Crippen LogP) is 1.60. The Morgan fingerprint density at radius 2 is 2.12 bits per heavy atom. The lowest BCUT2D eigenvalue weighted by atomic mass is 9.79. The van der Waals surface area contributed by atoms with Gasteiger partial charge in [-0.05, 0) is 50.2 Å². The lowest BCUT2D eigenvalue weighted by Gasteiger charge is -2.37. The molecule has 0 radical (unpaired) electrons. The third kappa shape index (κ3) is 4.14. The molecule has 0 saturated carbocycles. The van der Waals surface area contributed by atoms with Gasteiger partial charge in [0.25, 0.3) is 5.91 Å². The van der Waals surface area contributed by atoms with Crippen LogP contribution in [0.1, 0.15) is 18.4 Å². The minimum Gasteiger partial charge on any atom is -0.497 e. The summed E-state index contributed by atoms with van der Waals surface area (Å²) in [6.07, 6.45) is 3.87. The van der Waals surface area contributed by atoms with E-state index in [1.54, 1.807) is 14.2 Å². The Balaban J connectivity index is 1.67. The Morgan fingerprint density at radius 3 is 2.84 bits per heavy atom. The van der Waals surface area contributed by atoms with Crippen LogP contribution in [0, 0.1) is 5.41 Å². The van der Waals surface area contributed by atoms with E-state index >= 15 is 0 Å². The van der Waals surface area contributed by atoms with Crippen molar-refractivity contribution in [1.29, 1.82) is 0 Å². The second kappa shape index (κ2) is 7.89. The summed E-state index contributed by atoms with van der Waals surface area (Å²) in [4.78, 5) is 12.6. The highest BCUT2D eigenvalue weighted by Crippen LogP contribution is 2.31. The maximum Gasteiger partial charge on any atom is 0.250 e. The Morgan fingerprint density at radius 1 is 1.32 bits per heavy atom. The molecule has 1 amide bonds. The standard InChI is InChI=1S/C19H26N2O4/c1-23-13-19(5-7-20-8-6-19)12-21-18(22)15-9-14-10-16(24-2)3-4-17(14)25-11-15/h3-4,9-10,20H,5-8,11-13H2,1-2H3,(H,21,22). The van der Waals surface area contributed by atoms with Crippen LogP contribution in [0.15, 0.2) is 23.8 Å². The molecule has 1 aromatic rings. The Bertz CT molecular complexity index is 645. The van der Waals surface area contributed by atoms with Crippen molar-refractivity contribution in [2.24, 2.45) is 5.41 Å². The molecule has 0 unspecified atom stereocenters. The summed E-state index contributed by atoms with van der Waals surface area (Å²) in [5.74, 6) is 1.43. The van der Waals surface area contributed by atoms with E-state index in [1.165, 1.54) is 0 Å². The van der Waals surface area contributed by atoms with Gasteiger partial charge in [-0.15, -0.1) is 0 Å². The van der Waals surface area contributed by atoms with E-state index in [1.807, 2.05) is 24.3 Å². The Labute approximate surface area is 148 Å². The van der Waals surface area contributed by atoms with E-state index in [2.05, 4.69) is 10.6 Å². The van der Waals surface area contributed by atoms with Gasteiger partial charge in [0.2, 0.25) is 0 Å². The number of nitrogens with one attached hydrogen (secondary N) is 2. The van der Waals surface area contributed by atoms with Crippen molar-refractivity contribution in [3.05, 3.63) is 29.3 Å². The van der Waals surface area contributed by atoms with E-state index in [4.69, 9.17) is 14.2 Å². The van der Waals surface area contributed by atoms with Crippen LogP contribution in [0.5, 0.6) is 11.5 Å². The van der Waals surface area contributed by atoms with Gasteiger partial charge in [0.1, 0.15) is 18.1 Å². The van der Waals surface area contributed by atoms with Crippen LogP contribution < -0.4 is 20.1 Å². The fourth-order valence-corrected chi connectivity index (χ4v) is 3.43. The molecule has 3 rings (SSSR count). The number of hydrogen-bond donors (Lipinski definition) is 2. The smallest absolute Gasteiger partial charge is 0.250 e. The number of benzene rings is 1. The van der Waals surface area contributed by atoms with Gasteiger partial charge in [0.05, 0.1) is 19.3 Å². The topological polar surface area (TPSA) is 68.8 Å². The summed E-state index contributed by atoms with van der Waals surface area (Å²) in [5.41, 5.74) is 1.50. The molecule has 1 fully saturated rings. The van der Waals surface area contributed by atoms with Gasteiger partial charge in [-0.1, -0.05) is 0 Å². The average Bonchev–Trinajstić information content (AvgIpc) is 2.66. The van der Waals surface area contributed by atoms with Crippen LogP contribution >= 0.6 is 0 Å². The highest BCUT2D eigenvalue weighted by Gasteiger charge is 2.33. The third-order valence-electron chi connectivity index (χ3n) is 4.96. The van der Waals surface area contributed by atoms with Crippen molar-refractivity contribution in [3.63, 3.8) is 0 Å². The van der Waals surface area contributed by atoms with Crippen LogP contribution in [0.4, 0.5) is 0 Å². The van der Waals surface area contributed by atoms with Gasteiger partial charge in [0.15, 0.2) is 0 Å². The number of rotatable bonds is 6. The van der Waals surface area contributed by atoms with Gasteiger partial charge in [-0.3, -0.25) is 4.79 Å². The van der Waals surface area contributed by atoms with Crippen LogP contribution in [-0.4, -0.2) is 53.0 Å². The number of ether oxygens (including phenoxy) is 3. The largest absolute Gasteiger partial charge is 0.497 e. The molecule has 1 aromatic carbocycles. The lowest BCUT2D eigenvalue weighted by molar-refractivity contribution is -0.118. The fraction of sp³-hybridized carbons (Fsp3) is 0.526. The van der Waals surface area contributed by atoms with Gasteiger partial charge in [0, 0.05) is 24.6 Å². The number of piperidine rings is 1. The van der Waals surface area contributed by atoms with Gasteiger partial charge < -0.3 is 24.8 Å². The molecule has 0 aromatic heterocycles. The maximum atomic E-state index is 12.6. The molecule has 6 nitrogen and oxygen atoms in total. The average molecular weight is 346 g/mol. The van der Waals surface area contributed by atoms with E-state index in [0.29, 0.717) is 18.7 Å². The zero-order chi connectivity index (χ0) is 17.7. The van der Waals surface area contributed by atoms with Crippen molar-refractivity contribution in [1.82, 2.24) is 10.6 Å². The van der Waals surface area contributed by atoms with Crippen molar-refractivity contribution in [3.8, 4) is 11.5 Å². The first-order chi connectivity index (χ1) is 12.2. The molecule has 2 N–H and O–H groups in total. The number of fused-ring (bicyclic) bond motifs is 1. The molecular weight excluding hydrogens is 320 g/mol. The summed E-state index contributed by atoms with van der Waals surface area (Å²) in [6, 6.07) is 5.59. The third-order valence-corrected chi connectivity index (χ3v) is 4.96. The molecule has 1 saturated heterocycles. The molecule has 25 heavy (non-hydrogen) atoms. The SMILES string of the molecule is COCC1(CNC(=O)C2=Cc3cc(OC)ccc3OC2)CCNCC1. The van der Waals surface area contributed by atoms with Crippen LogP contribution in [0.3, 0.4) is 0 Å². The van der Waals surface area contributed by atoms with Crippen molar-refractivity contribution >= 4 is 12.0 Å². The first-order valence-electron chi connectivity index (χ1n) is 8.65. The van der Waals surface area contributed by atoms with Crippen LogP contribution in [0.25, 0.3) is 6.08 Å². The summed E-state index contributed by atoms with van der Waals surface area (Å²) in [5, 5.41) is 6.44. The zero-order valence-electron chi connectivity index (χ0n) is 14.9. The minimum absolute atomic E-state index is 0.00682. The van der Waals surface area contributed by atoms with Crippen molar-refractivity contribution in [2.75, 3.05) is 47.1 Å². The molecule has 2 aliphatic heterocycles. The molecule has 0 bridgehead atoms. The summed E-state index contributed by atoms with van der Waals surface area (Å²) in [7, 11) is 3.34. The highest BCUT2D eigenvalue weighted by atomic mass is 16.5.